The van der Waals surface area contributed by atoms with Crippen LogP contribution in [0.4, 0.5) is 5.69 Å². The highest BCUT2D eigenvalue weighted by Gasteiger charge is 2.26. The van der Waals surface area contributed by atoms with Crippen molar-refractivity contribution < 1.29 is 4.79 Å². The van der Waals surface area contributed by atoms with Gasteiger partial charge < -0.3 is 10.2 Å². The van der Waals surface area contributed by atoms with Crippen molar-refractivity contribution in [3.05, 3.63) is 92.9 Å². The Hall–Kier alpha value is -3.41. The number of carbonyl (C=O) groups is 1. The van der Waals surface area contributed by atoms with Crippen LogP contribution in [-0.4, -0.2) is 28.8 Å². The summed E-state index contributed by atoms with van der Waals surface area (Å²) in [6.07, 6.45) is 3.50. The van der Waals surface area contributed by atoms with Gasteiger partial charge in [-0.15, -0.1) is 0 Å². The Bertz CT molecular complexity index is 1160. The van der Waals surface area contributed by atoms with Gasteiger partial charge in [0, 0.05) is 25.7 Å². The molecule has 0 saturated carbocycles. The Morgan fingerprint density at radius 1 is 1.09 bits per heavy atom. The number of benzene rings is 2. The lowest BCUT2D eigenvalue weighted by molar-refractivity contribution is -0.125. The second kappa shape index (κ2) is 10.0. The highest BCUT2D eigenvalue weighted by Crippen LogP contribution is 2.22. The monoisotopic (exact) mass is 444 g/mol. The molecule has 4 rings (SSSR count). The summed E-state index contributed by atoms with van der Waals surface area (Å²) in [5.74, 6) is -0.0268. The van der Waals surface area contributed by atoms with Gasteiger partial charge in [0.1, 0.15) is 0 Å². The van der Waals surface area contributed by atoms with E-state index in [2.05, 4.69) is 48.2 Å². The van der Waals surface area contributed by atoms with Crippen LogP contribution in [0.25, 0.3) is 0 Å². The van der Waals surface area contributed by atoms with Crippen molar-refractivity contribution >= 4 is 11.6 Å². The number of nitrogens with one attached hydrogen (secondary N) is 1. The first-order valence-electron chi connectivity index (χ1n) is 11.6. The highest BCUT2D eigenvalue weighted by molar-refractivity contribution is 5.79. The number of rotatable bonds is 6. The first-order valence-corrected chi connectivity index (χ1v) is 11.6. The predicted octanol–water partition coefficient (Wildman–Crippen LogP) is 3.75. The van der Waals surface area contributed by atoms with E-state index in [1.165, 1.54) is 26.9 Å². The summed E-state index contributed by atoms with van der Waals surface area (Å²) in [4.78, 5) is 27.7. The zero-order chi connectivity index (χ0) is 23.4. The summed E-state index contributed by atoms with van der Waals surface area (Å²) in [5.41, 5.74) is 6.53. The number of amides is 1. The van der Waals surface area contributed by atoms with Gasteiger partial charge in [0.2, 0.25) is 5.91 Å². The summed E-state index contributed by atoms with van der Waals surface area (Å²) in [6.45, 7) is 8.69. The summed E-state index contributed by atoms with van der Waals surface area (Å²) >= 11 is 0. The van der Waals surface area contributed by atoms with Crippen LogP contribution in [0.15, 0.2) is 59.5 Å². The van der Waals surface area contributed by atoms with E-state index in [0.29, 0.717) is 19.6 Å². The maximum absolute atomic E-state index is 12.9. The highest BCUT2D eigenvalue weighted by atomic mass is 16.2. The number of aryl methyl sites for hydroxylation is 3. The topological polar surface area (TPSA) is 67.2 Å². The standard InChI is InChI=1S/C27H32N4O2/c1-19-12-20(2)25(21(3)13-19)16-28-27(33)23-10-7-11-30(18-23)24-14-26(32)31(29-15-24)17-22-8-5-4-6-9-22/h4-6,8-9,12-15,23H,7,10-11,16-18H2,1-3H3,(H,28,33). The smallest absolute Gasteiger partial charge is 0.269 e. The maximum Gasteiger partial charge on any atom is 0.269 e. The van der Waals surface area contributed by atoms with Crippen LogP contribution in [0.5, 0.6) is 0 Å². The number of piperidine rings is 1. The molecule has 0 radical (unpaired) electrons. The molecule has 1 aliphatic rings. The van der Waals surface area contributed by atoms with E-state index in [1.54, 1.807) is 12.3 Å². The number of carbonyl (C=O) groups excluding carboxylic acids is 1. The van der Waals surface area contributed by atoms with Crippen LogP contribution in [0.2, 0.25) is 0 Å². The third-order valence-corrected chi connectivity index (χ3v) is 6.47. The second-order valence-corrected chi connectivity index (χ2v) is 9.08. The Kier molecular flexibility index (Phi) is 6.92. The van der Waals surface area contributed by atoms with Crippen LogP contribution in [0.3, 0.4) is 0 Å². The van der Waals surface area contributed by atoms with Crippen molar-refractivity contribution in [1.29, 1.82) is 0 Å². The molecule has 0 spiro atoms. The quantitative estimate of drug-likeness (QED) is 0.629. The predicted molar refractivity (Wildman–Crippen MR) is 131 cm³/mol. The first-order chi connectivity index (χ1) is 15.9. The Morgan fingerprint density at radius 2 is 1.82 bits per heavy atom. The fourth-order valence-corrected chi connectivity index (χ4v) is 4.71. The zero-order valence-corrected chi connectivity index (χ0v) is 19.7. The third kappa shape index (κ3) is 5.51. The molecule has 1 fully saturated rings. The fourth-order valence-electron chi connectivity index (χ4n) is 4.71. The molecule has 172 valence electrons. The molecule has 33 heavy (non-hydrogen) atoms. The van der Waals surface area contributed by atoms with Crippen LogP contribution in [0.1, 0.15) is 40.7 Å². The van der Waals surface area contributed by atoms with Gasteiger partial charge in [-0.05, 0) is 55.9 Å². The van der Waals surface area contributed by atoms with Gasteiger partial charge in [0.25, 0.3) is 5.56 Å². The van der Waals surface area contributed by atoms with E-state index in [4.69, 9.17) is 0 Å². The van der Waals surface area contributed by atoms with Crippen LogP contribution in [-0.2, 0) is 17.9 Å². The molecule has 1 unspecified atom stereocenters. The SMILES string of the molecule is Cc1cc(C)c(CNC(=O)C2CCCN(c3cnn(Cc4ccccc4)c(=O)c3)C2)c(C)c1. The van der Waals surface area contributed by atoms with Gasteiger partial charge in [-0.25, -0.2) is 4.68 Å². The van der Waals surface area contributed by atoms with E-state index in [0.717, 1.165) is 30.6 Å². The van der Waals surface area contributed by atoms with Crippen LogP contribution >= 0.6 is 0 Å². The third-order valence-electron chi connectivity index (χ3n) is 6.47. The van der Waals surface area contributed by atoms with Gasteiger partial charge in [0.15, 0.2) is 0 Å². The second-order valence-electron chi connectivity index (χ2n) is 9.08. The van der Waals surface area contributed by atoms with Crippen molar-refractivity contribution in [3.63, 3.8) is 0 Å². The number of anilines is 1. The molecule has 2 aromatic carbocycles. The van der Waals surface area contributed by atoms with E-state index in [-0.39, 0.29) is 17.4 Å². The minimum atomic E-state index is -0.131. The summed E-state index contributed by atoms with van der Waals surface area (Å²) < 4.78 is 1.47. The summed E-state index contributed by atoms with van der Waals surface area (Å²) in [6, 6.07) is 15.8. The average molecular weight is 445 g/mol. The van der Waals surface area contributed by atoms with E-state index >= 15 is 0 Å². The molecule has 1 aliphatic heterocycles. The molecule has 1 atom stereocenters. The molecular weight excluding hydrogens is 412 g/mol. The van der Waals surface area contributed by atoms with Gasteiger partial charge >= 0.3 is 0 Å². The number of aromatic nitrogens is 2. The Morgan fingerprint density at radius 3 is 2.52 bits per heavy atom. The largest absolute Gasteiger partial charge is 0.369 e. The van der Waals surface area contributed by atoms with Gasteiger partial charge in [-0.3, -0.25) is 9.59 Å². The molecule has 6 heteroatoms. The fraction of sp³-hybridized carbons (Fsp3) is 0.370. The van der Waals surface area contributed by atoms with Gasteiger partial charge in [-0.2, -0.15) is 5.10 Å². The molecule has 3 aromatic rings. The molecule has 1 aromatic heterocycles. The molecule has 1 N–H and O–H groups in total. The zero-order valence-electron chi connectivity index (χ0n) is 19.7. The van der Waals surface area contributed by atoms with Gasteiger partial charge in [-0.1, -0.05) is 48.0 Å². The lowest BCUT2D eigenvalue weighted by atomic mass is 9.96. The Labute approximate surface area is 195 Å². The van der Waals surface area contributed by atoms with E-state index in [1.807, 2.05) is 30.3 Å². The Balaban J connectivity index is 1.39. The van der Waals surface area contributed by atoms with Crippen molar-refractivity contribution in [2.24, 2.45) is 5.92 Å². The minimum absolute atomic E-state index is 0.0736. The van der Waals surface area contributed by atoms with Crippen molar-refractivity contribution in [2.45, 2.75) is 46.7 Å². The molecular formula is C27H32N4O2. The number of hydrogen-bond donors (Lipinski definition) is 1. The molecule has 2 heterocycles. The molecule has 1 amide bonds. The lowest BCUT2D eigenvalue weighted by Gasteiger charge is -2.33. The number of nitrogens with zero attached hydrogens (tertiary/aromatic N) is 3. The molecule has 0 aliphatic carbocycles. The summed E-state index contributed by atoms with van der Waals surface area (Å²) in [5, 5.41) is 7.53. The minimum Gasteiger partial charge on any atom is -0.369 e. The number of hydrogen-bond acceptors (Lipinski definition) is 4. The van der Waals surface area contributed by atoms with Gasteiger partial charge in [0.05, 0.1) is 24.3 Å². The van der Waals surface area contributed by atoms with Crippen LogP contribution in [0, 0.1) is 26.7 Å². The lowest BCUT2D eigenvalue weighted by Crippen LogP contribution is -2.43. The van der Waals surface area contributed by atoms with E-state index in [9.17, 15) is 9.59 Å². The average Bonchev–Trinajstić information content (AvgIpc) is 2.80. The van der Waals surface area contributed by atoms with E-state index < -0.39 is 0 Å². The van der Waals surface area contributed by atoms with Crippen molar-refractivity contribution in [2.75, 3.05) is 18.0 Å². The molecule has 6 nitrogen and oxygen atoms in total. The van der Waals surface area contributed by atoms with Crippen molar-refractivity contribution in [3.8, 4) is 0 Å². The van der Waals surface area contributed by atoms with Crippen LogP contribution < -0.4 is 15.8 Å². The first kappa shape index (κ1) is 22.8. The molecule has 1 saturated heterocycles. The normalized spacial score (nSPS) is 16.0. The maximum atomic E-state index is 12.9. The summed E-state index contributed by atoms with van der Waals surface area (Å²) in [7, 11) is 0. The molecule has 0 bridgehead atoms. The van der Waals surface area contributed by atoms with Crippen molar-refractivity contribution in [1.82, 2.24) is 15.1 Å².